The first-order chi connectivity index (χ1) is 9.24. The lowest BCUT2D eigenvalue weighted by Gasteiger charge is -2.24. The van der Waals surface area contributed by atoms with E-state index in [9.17, 15) is 4.79 Å². The number of esters is 1. The summed E-state index contributed by atoms with van der Waals surface area (Å²) in [5, 5.41) is 6.84. The highest BCUT2D eigenvalue weighted by molar-refractivity contribution is 7.80. The van der Waals surface area contributed by atoms with E-state index in [0.29, 0.717) is 16.4 Å². The van der Waals surface area contributed by atoms with Crippen molar-refractivity contribution in [2.75, 3.05) is 10.6 Å². The summed E-state index contributed by atoms with van der Waals surface area (Å²) < 4.78 is 5.40. The lowest BCUT2D eigenvalue weighted by molar-refractivity contribution is -0.155. The molecule has 0 spiro atoms. The van der Waals surface area contributed by atoms with Crippen LogP contribution in [0.25, 0.3) is 0 Å². The monoisotopic (exact) mass is 312 g/mol. The molecule has 0 aromatic heterocycles. The van der Waals surface area contributed by atoms with E-state index in [0.717, 1.165) is 11.4 Å². The lowest BCUT2D eigenvalue weighted by atomic mass is 10.1. The molecule has 1 atom stereocenters. The third-order valence-electron chi connectivity index (χ3n) is 2.67. The SMILES string of the molecule is CC(C)(C)OC(=O)C1CC(=S)Nc2ccc(Cl)cc2N1. The molecular formula is C14H17ClN2O2S. The number of benzene rings is 1. The molecule has 0 fully saturated rings. The van der Waals surface area contributed by atoms with Crippen molar-refractivity contribution in [3.05, 3.63) is 23.2 Å². The zero-order valence-corrected chi connectivity index (χ0v) is 13.2. The highest BCUT2D eigenvalue weighted by Crippen LogP contribution is 2.30. The molecule has 20 heavy (non-hydrogen) atoms. The molecule has 1 aromatic rings. The van der Waals surface area contributed by atoms with Gasteiger partial charge in [0.2, 0.25) is 0 Å². The number of carbonyl (C=O) groups excluding carboxylic acids is 1. The molecule has 2 N–H and O–H groups in total. The van der Waals surface area contributed by atoms with E-state index in [1.165, 1.54) is 0 Å². The Labute approximate surface area is 128 Å². The molecule has 1 aliphatic heterocycles. The summed E-state index contributed by atoms with van der Waals surface area (Å²) in [6.45, 7) is 5.51. The van der Waals surface area contributed by atoms with E-state index in [4.69, 9.17) is 28.6 Å². The van der Waals surface area contributed by atoms with Gasteiger partial charge in [0, 0.05) is 11.4 Å². The maximum atomic E-state index is 12.2. The van der Waals surface area contributed by atoms with Gasteiger partial charge in [-0.1, -0.05) is 23.8 Å². The highest BCUT2D eigenvalue weighted by atomic mass is 35.5. The Morgan fingerprint density at radius 1 is 1.40 bits per heavy atom. The van der Waals surface area contributed by atoms with Gasteiger partial charge in [0.25, 0.3) is 0 Å². The molecule has 1 unspecified atom stereocenters. The third kappa shape index (κ3) is 3.84. The summed E-state index contributed by atoms with van der Waals surface area (Å²) >= 11 is 11.2. The Kier molecular flexibility index (Phi) is 4.20. The fourth-order valence-corrected chi connectivity index (χ4v) is 2.33. The Bertz CT molecular complexity index is 555. The van der Waals surface area contributed by atoms with Gasteiger partial charge in [-0.25, -0.2) is 4.79 Å². The number of rotatable bonds is 1. The number of fused-ring (bicyclic) bond motifs is 1. The largest absolute Gasteiger partial charge is 0.458 e. The Balaban J connectivity index is 2.24. The van der Waals surface area contributed by atoms with Crippen molar-refractivity contribution in [3.8, 4) is 0 Å². The van der Waals surface area contributed by atoms with E-state index >= 15 is 0 Å². The van der Waals surface area contributed by atoms with Crippen LogP contribution in [0, 0.1) is 0 Å². The van der Waals surface area contributed by atoms with Crippen LogP contribution >= 0.6 is 23.8 Å². The minimum absolute atomic E-state index is 0.325. The van der Waals surface area contributed by atoms with Gasteiger partial charge in [0.15, 0.2) is 0 Å². The molecule has 6 heteroatoms. The van der Waals surface area contributed by atoms with Gasteiger partial charge in [-0.15, -0.1) is 0 Å². The van der Waals surface area contributed by atoms with E-state index in [1.54, 1.807) is 12.1 Å². The molecule has 4 nitrogen and oxygen atoms in total. The van der Waals surface area contributed by atoms with Crippen LogP contribution in [0.5, 0.6) is 0 Å². The van der Waals surface area contributed by atoms with Crippen LogP contribution in [0.1, 0.15) is 27.2 Å². The van der Waals surface area contributed by atoms with Crippen LogP contribution < -0.4 is 10.6 Å². The predicted octanol–water partition coefficient (Wildman–Crippen LogP) is 3.61. The van der Waals surface area contributed by atoms with Crippen molar-refractivity contribution >= 4 is 46.2 Å². The first-order valence-electron chi connectivity index (χ1n) is 6.33. The van der Waals surface area contributed by atoms with Gasteiger partial charge >= 0.3 is 5.97 Å². The highest BCUT2D eigenvalue weighted by Gasteiger charge is 2.29. The number of anilines is 2. The zero-order valence-electron chi connectivity index (χ0n) is 11.6. The number of ether oxygens (including phenoxy) is 1. The number of thiocarbonyl (C=S) groups is 1. The van der Waals surface area contributed by atoms with Crippen LogP contribution in [0.4, 0.5) is 11.4 Å². The van der Waals surface area contributed by atoms with Crippen molar-refractivity contribution < 1.29 is 9.53 Å². The summed E-state index contributed by atoms with van der Waals surface area (Å²) in [5.41, 5.74) is 1.02. The summed E-state index contributed by atoms with van der Waals surface area (Å²) in [6.07, 6.45) is 0.385. The molecule has 0 saturated carbocycles. The standard InChI is InChI=1S/C14H17ClN2O2S/c1-14(2,3)19-13(18)11-7-12(20)17-9-5-4-8(15)6-10(9)16-11/h4-6,11,16H,7H2,1-3H3,(H,17,20). The van der Waals surface area contributed by atoms with Crippen molar-refractivity contribution in [1.82, 2.24) is 0 Å². The zero-order chi connectivity index (χ0) is 14.9. The molecule has 0 radical (unpaired) electrons. The Hall–Kier alpha value is -1.33. The number of nitrogens with one attached hydrogen (secondary N) is 2. The van der Waals surface area contributed by atoms with Gasteiger partial charge in [-0.2, -0.15) is 0 Å². The van der Waals surface area contributed by atoms with Crippen LogP contribution in [0.2, 0.25) is 5.02 Å². The minimum atomic E-state index is -0.530. The molecule has 1 heterocycles. The maximum Gasteiger partial charge on any atom is 0.329 e. The second kappa shape index (κ2) is 5.58. The average molecular weight is 313 g/mol. The number of halogens is 1. The Morgan fingerprint density at radius 2 is 2.10 bits per heavy atom. The first kappa shape index (κ1) is 15.1. The number of hydrogen-bond acceptors (Lipinski definition) is 4. The molecule has 0 saturated heterocycles. The van der Waals surface area contributed by atoms with E-state index in [1.807, 2.05) is 26.8 Å². The van der Waals surface area contributed by atoms with E-state index < -0.39 is 11.6 Å². The van der Waals surface area contributed by atoms with Gasteiger partial charge < -0.3 is 15.4 Å². The lowest BCUT2D eigenvalue weighted by Crippen LogP contribution is -2.37. The van der Waals surface area contributed by atoms with E-state index in [2.05, 4.69) is 10.6 Å². The molecule has 0 bridgehead atoms. The number of carbonyl (C=O) groups is 1. The normalized spacial score (nSPS) is 18.4. The third-order valence-corrected chi connectivity index (χ3v) is 3.17. The molecule has 0 aliphatic carbocycles. The van der Waals surface area contributed by atoms with Crippen molar-refractivity contribution in [2.24, 2.45) is 0 Å². The van der Waals surface area contributed by atoms with Crippen molar-refractivity contribution in [2.45, 2.75) is 38.8 Å². The topological polar surface area (TPSA) is 50.4 Å². The van der Waals surface area contributed by atoms with Crippen LogP contribution in [-0.4, -0.2) is 22.6 Å². The molecular weight excluding hydrogens is 296 g/mol. The molecule has 2 rings (SSSR count). The van der Waals surface area contributed by atoms with Crippen molar-refractivity contribution in [3.63, 3.8) is 0 Å². The first-order valence-corrected chi connectivity index (χ1v) is 7.12. The summed E-state index contributed by atoms with van der Waals surface area (Å²) in [7, 11) is 0. The van der Waals surface area contributed by atoms with Gasteiger partial charge in [0.1, 0.15) is 11.6 Å². The van der Waals surface area contributed by atoms with Crippen LogP contribution in [0.3, 0.4) is 0 Å². The van der Waals surface area contributed by atoms with Crippen LogP contribution in [-0.2, 0) is 9.53 Å². The van der Waals surface area contributed by atoms with Gasteiger partial charge in [0.05, 0.1) is 16.4 Å². The summed E-state index contributed by atoms with van der Waals surface area (Å²) in [4.78, 5) is 12.8. The molecule has 0 amide bonds. The Morgan fingerprint density at radius 3 is 2.75 bits per heavy atom. The summed E-state index contributed by atoms with van der Waals surface area (Å²) in [5.74, 6) is -0.325. The van der Waals surface area contributed by atoms with Gasteiger partial charge in [-0.05, 0) is 39.0 Å². The fraction of sp³-hybridized carbons (Fsp3) is 0.429. The fourth-order valence-electron chi connectivity index (χ4n) is 1.89. The minimum Gasteiger partial charge on any atom is -0.458 e. The molecule has 108 valence electrons. The predicted molar refractivity (Wildman–Crippen MR) is 85.5 cm³/mol. The average Bonchev–Trinajstić information content (AvgIpc) is 2.45. The molecule has 1 aromatic carbocycles. The second-order valence-corrected chi connectivity index (χ2v) is 6.60. The smallest absolute Gasteiger partial charge is 0.329 e. The summed E-state index contributed by atoms with van der Waals surface area (Å²) in [6, 6.07) is 4.84. The molecule has 1 aliphatic rings. The maximum absolute atomic E-state index is 12.2. The quantitative estimate of drug-likeness (QED) is 0.613. The van der Waals surface area contributed by atoms with Crippen molar-refractivity contribution in [1.29, 1.82) is 0 Å². The number of hydrogen-bond donors (Lipinski definition) is 2. The van der Waals surface area contributed by atoms with Gasteiger partial charge in [-0.3, -0.25) is 0 Å². The second-order valence-electron chi connectivity index (χ2n) is 5.67. The van der Waals surface area contributed by atoms with Crippen LogP contribution in [0.15, 0.2) is 18.2 Å². The van der Waals surface area contributed by atoms with E-state index in [-0.39, 0.29) is 5.97 Å².